The average Bonchev–Trinajstić information content (AvgIpc) is 3.09. The maximum atomic E-state index is 11.7. The lowest BCUT2D eigenvalue weighted by Crippen LogP contribution is -2.43. The van der Waals surface area contributed by atoms with Gasteiger partial charge < -0.3 is 20.2 Å². The molecular weight excluding hydrogens is 312 g/mol. The van der Waals surface area contributed by atoms with Gasteiger partial charge in [0.2, 0.25) is 0 Å². The van der Waals surface area contributed by atoms with Crippen molar-refractivity contribution in [2.75, 3.05) is 18.8 Å². The highest BCUT2D eigenvalue weighted by atomic mass is 32.2. The summed E-state index contributed by atoms with van der Waals surface area (Å²) in [7, 11) is 0. The fourth-order valence-electron chi connectivity index (χ4n) is 1.97. The van der Waals surface area contributed by atoms with E-state index in [0.29, 0.717) is 12.3 Å². The highest BCUT2D eigenvalue weighted by molar-refractivity contribution is 7.99. The molecule has 2 rings (SSSR count). The first kappa shape index (κ1) is 17.4. The van der Waals surface area contributed by atoms with Crippen LogP contribution in [0.2, 0.25) is 0 Å². The number of rotatable bonds is 8. The third-order valence-corrected chi connectivity index (χ3v) is 4.36. The van der Waals surface area contributed by atoms with Crippen molar-refractivity contribution in [2.24, 2.45) is 0 Å². The predicted octanol–water partition coefficient (Wildman–Crippen LogP) is 2.97. The van der Waals surface area contributed by atoms with E-state index in [1.54, 1.807) is 30.8 Å². The van der Waals surface area contributed by atoms with Crippen LogP contribution in [0.4, 0.5) is 4.79 Å². The van der Waals surface area contributed by atoms with Crippen LogP contribution in [0.5, 0.6) is 0 Å². The summed E-state index contributed by atoms with van der Waals surface area (Å²) >= 11 is 1.76. The Kier molecular flexibility index (Phi) is 6.55. The third-order valence-electron chi connectivity index (χ3n) is 3.26. The van der Waals surface area contributed by atoms with Crippen LogP contribution in [-0.4, -0.2) is 30.0 Å². The Morgan fingerprint density at radius 2 is 2.00 bits per heavy atom. The molecule has 0 fully saturated rings. The molecule has 124 valence electrons. The average molecular weight is 334 g/mol. The predicted molar refractivity (Wildman–Crippen MR) is 91.5 cm³/mol. The highest BCUT2D eigenvalue weighted by Gasteiger charge is 2.26. The number of benzene rings is 1. The van der Waals surface area contributed by atoms with Crippen LogP contribution in [0, 0.1) is 0 Å². The van der Waals surface area contributed by atoms with Crippen LogP contribution < -0.4 is 10.6 Å². The molecule has 1 unspecified atom stereocenters. The number of carbonyl (C=O) groups excluding carboxylic acids is 1. The Balaban J connectivity index is 1.58. The first-order valence-electron chi connectivity index (χ1n) is 7.54. The topological polar surface area (TPSA) is 74.5 Å². The van der Waals surface area contributed by atoms with Crippen LogP contribution in [0.25, 0.3) is 0 Å². The second-order valence-electron chi connectivity index (χ2n) is 5.38. The summed E-state index contributed by atoms with van der Waals surface area (Å²) in [6, 6.07) is 13.3. The van der Waals surface area contributed by atoms with E-state index in [4.69, 9.17) is 4.42 Å². The smallest absolute Gasteiger partial charge is 0.314 e. The van der Waals surface area contributed by atoms with Gasteiger partial charge >= 0.3 is 6.03 Å². The van der Waals surface area contributed by atoms with Gasteiger partial charge in [-0.15, -0.1) is 11.8 Å². The van der Waals surface area contributed by atoms with Gasteiger partial charge in [-0.25, -0.2) is 4.79 Å². The van der Waals surface area contributed by atoms with Gasteiger partial charge in [0.05, 0.1) is 12.8 Å². The van der Waals surface area contributed by atoms with E-state index >= 15 is 0 Å². The van der Waals surface area contributed by atoms with Gasteiger partial charge in [0.25, 0.3) is 0 Å². The minimum Gasteiger partial charge on any atom is -0.466 e. The van der Waals surface area contributed by atoms with Crippen LogP contribution in [0.1, 0.15) is 19.1 Å². The van der Waals surface area contributed by atoms with E-state index in [2.05, 4.69) is 22.8 Å². The lowest BCUT2D eigenvalue weighted by molar-refractivity contribution is 0.0367. The summed E-state index contributed by atoms with van der Waals surface area (Å²) in [5.74, 6) is 1.37. The molecule has 0 saturated carbocycles. The molecule has 0 spiro atoms. The van der Waals surface area contributed by atoms with Gasteiger partial charge in [-0.05, 0) is 43.4 Å². The van der Waals surface area contributed by atoms with Crippen molar-refractivity contribution < 1.29 is 14.3 Å². The van der Waals surface area contributed by atoms with E-state index in [0.717, 1.165) is 12.2 Å². The third kappa shape index (κ3) is 6.00. The Hall–Kier alpha value is -1.92. The van der Waals surface area contributed by atoms with Gasteiger partial charge in [0, 0.05) is 11.4 Å². The van der Waals surface area contributed by atoms with Crippen LogP contribution in [0.3, 0.4) is 0 Å². The number of nitrogens with one attached hydrogen (secondary N) is 2. The highest BCUT2D eigenvalue weighted by Crippen LogP contribution is 2.19. The molecule has 0 bridgehead atoms. The van der Waals surface area contributed by atoms with Gasteiger partial charge in [-0.2, -0.15) is 0 Å². The summed E-state index contributed by atoms with van der Waals surface area (Å²) in [5, 5.41) is 15.7. The van der Waals surface area contributed by atoms with Crippen LogP contribution in [-0.2, 0) is 5.60 Å². The maximum Gasteiger partial charge on any atom is 0.314 e. The minimum atomic E-state index is -1.22. The summed E-state index contributed by atoms with van der Waals surface area (Å²) in [6.45, 7) is 2.28. The number of furan rings is 1. The zero-order chi connectivity index (χ0) is 16.5. The van der Waals surface area contributed by atoms with Crippen molar-refractivity contribution in [3.8, 4) is 0 Å². The van der Waals surface area contributed by atoms with Gasteiger partial charge in [-0.3, -0.25) is 0 Å². The quantitative estimate of drug-likeness (QED) is 0.512. The van der Waals surface area contributed by atoms with E-state index in [1.165, 1.54) is 11.2 Å². The molecule has 1 aromatic heterocycles. The number of amides is 2. The molecular formula is C17H22N2O3S. The Bertz CT molecular complexity index is 585. The normalized spacial score (nSPS) is 13.3. The SMILES string of the molecule is CC(O)(CNC(=O)NCCCSc1ccccc1)c1ccco1. The van der Waals surface area contributed by atoms with E-state index in [1.807, 2.05) is 18.2 Å². The van der Waals surface area contributed by atoms with Crippen LogP contribution in [0.15, 0.2) is 58.0 Å². The molecule has 5 nitrogen and oxygen atoms in total. The minimum absolute atomic E-state index is 0.0884. The lowest BCUT2D eigenvalue weighted by Gasteiger charge is -2.21. The summed E-state index contributed by atoms with van der Waals surface area (Å²) in [6.07, 6.45) is 2.37. The molecule has 0 aliphatic carbocycles. The van der Waals surface area contributed by atoms with Crippen molar-refractivity contribution >= 4 is 17.8 Å². The first-order valence-corrected chi connectivity index (χ1v) is 8.52. The molecule has 3 N–H and O–H groups in total. The molecule has 6 heteroatoms. The second-order valence-corrected chi connectivity index (χ2v) is 6.54. The fourth-order valence-corrected chi connectivity index (χ4v) is 2.84. The van der Waals surface area contributed by atoms with Crippen LogP contribution >= 0.6 is 11.8 Å². The number of thioether (sulfide) groups is 1. The fraction of sp³-hybridized carbons (Fsp3) is 0.353. The second kappa shape index (κ2) is 8.64. The summed E-state index contributed by atoms with van der Waals surface area (Å²) < 4.78 is 5.16. The van der Waals surface area contributed by atoms with Crippen molar-refractivity contribution in [1.29, 1.82) is 0 Å². The Labute approximate surface area is 140 Å². The zero-order valence-electron chi connectivity index (χ0n) is 13.1. The molecule has 0 aliphatic rings. The maximum absolute atomic E-state index is 11.7. The monoisotopic (exact) mass is 334 g/mol. The summed E-state index contributed by atoms with van der Waals surface area (Å²) in [4.78, 5) is 12.9. The standard InChI is InChI=1S/C17H22N2O3S/c1-17(21,15-9-5-11-22-15)13-19-16(20)18-10-6-12-23-14-7-3-2-4-8-14/h2-5,7-9,11,21H,6,10,12-13H2,1H3,(H2,18,19,20). The Morgan fingerprint density at radius 3 is 2.70 bits per heavy atom. The molecule has 0 aliphatic heterocycles. The molecule has 0 saturated heterocycles. The van der Waals surface area contributed by atoms with Gasteiger partial charge in [-0.1, -0.05) is 18.2 Å². The number of urea groups is 1. The molecule has 23 heavy (non-hydrogen) atoms. The molecule has 0 radical (unpaired) electrons. The van der Waals surface area contributed by atoms with Gasteiger partial charge in [0.15, 0.2) is 0 Å². The number of hydrogen-bond donors (Lipinski definition) is 3. The largest absolute Gasteiger partial charge is 0.466 e. The Morgan fingerprint density at radius 1 is 1.22 bits per heavy atom. The number of aliphatic hydroxyl groups is 1. The van der Waals surface area contributed by atoms with Crippen molar-refractivity contribution in [3.63, 3.8) is 0 Å². The summed E-state index contributed by atoms with van der Waals surface area (Å²) in [5.41, 5.74) is -1.22. The molecule has 1 aromatic carbocycles. The zero-order valence-corrected chi connectivity index (χ0v) is 13.9. The molecule has 2 amide bonds. The number of carbonyl (C=O) groups is 1. The molecule has 1 atom stereocenters. The van der Waals surface area contributed by atoms with Crippen molar-refractivity contribution in [2.45, 2.75) is 23.8 Å². The first-order chi connectivity index (χ1) is 11.1. The van der Waals surface area contributed by atoms with E-state index in [-0.39, 0.29) is 12.6 Å². The number of hydrogen-bond acceptors (Lipinski definition) is 4. The van der Waals surface area contributed by atoms with Gasteiger partial charge in [0.1, 0.15) is 11.4 Å². The van der Waals surface area contributed by atoms with Crippen molar-refractivity contribution in [1.82, 2.24) is 10.6 Å². The van der Waals surface area contributed by atoms with E-state index in [9.17, 15) is 9.90 Å². The van der Waals surface area contributed by atoms with E-state index < -0.39 is 5.60 Å². The molecule has 1 heterocycles. The molecule has 2 aromatic rings. The lowest BCUT2D eigenvalue weighted by atomic mass is 10.0. The van der Waals surface area contributed by atoms with Crippen molar-refractivity contribution in [3.05, 3.63) is 54.5 Å².